The van der Waals surface area contributed by atoms with Crippen LogP contribution in [0.5, 0.6) is 0 Å². The van der Waals surface area contributed by atoms with E-state index >= 15 is 0 Å². The van der Waals surface area contributed by atoms with E-state index in [0.29, 0.717) is 28.6 Å². The predicted octanol–water partition coefficient (Wildman–Crippen LogP) is 2.73. The number of carbonyl (C=O) groups is 1. The number of halogens is 1. The Morgan fingerprint density at radius 3 is 3.00 bits per heavy atom. The molecule has 1 atom stereocenters. The molecule has 2 N–H and O–H groups in total. The van der Waals surface area contributed by atoms with E-state index in [0.717, 1.165) is 10.8 Å². The van der Waals surface area contributed by atoms with Gasteiger partial charge in [0.2, 0.25) is 0 Å². The van der Waals surface area contributed by atoms with Crippen LogP contribution in [0.15, 0.2) is 24.3 Å². The van der Waals surface area contributed by atoms with E-state index in [-0.39, 0.29) is 17.8 Å². The first-order chi connectivity index (χ1) is 10.6. The van der Waals surface area contributed by atoms with Gasteiger partial charge >= 0.3 is 0 Å². The number of benzene rings is 1. The van der Waals surface area contributed by atoms with Gasteiger partial charge in [-0.25, -0.2) is 9.37 Å². The molecule has 2 heterocycles. The van der Waals surface area contributed by atoms with Gasteiger partial charge in [-0.1, -0.05) is 18.2 Å². The zero-order chi connectivity index (χ0) is 15.7. The number of hydrogen-bond acceptors (Lipinski definition) is 5. The molecule has 116 valence electrons. The number of thioether (sulfide) groups is 1. The molecular formula is C15H16FN3OS2. The van der Waals surface area contributed by atoms with Crippen LogP contribution in [0.2, 0.25) is 0 Å². The molecule has 1 fully saturated rings. The van der Waals surface area contributed by atoms with Crippen molar-refractivity contribution >= 4 is 29.0 Å². The molecule has 1 aromatic heterocycles. The lowest BCUT2D eigenvalue weighted by Crippen LogP contribution is -2.41. The van der Waals surface area contributed by atoms with Crippen LogP contribution in [0.1, 0.15) is 15.5 Å². The van der Waals surface area contributed by atoms with Gasteiger partial charge in [-0.15, -0.1) is 23.1 Å². The summed E-state index contributed by atoms with van der Waals surface area (Å²) in [7, 11) is 0. The molecule has 2 aromatic rings. The molecule has 1 saturated heterocycles. The van der Waals surface area contributed by atoms with Crippen molar-refractivity contribution in [3.05, 3.63) is 40.8 Å². The summed E-state index contributed by atoms with van der Waals surface area (Å²) < 4.78 is 14.1. The first-order valence-corrected chi connectivity index (χ1v) is 8.90. The van der Waals surface area contributed by atoms with Crippen molar-refractivity contribution in [1.82, 2.24) is 9.88 Å². The Morgan fingerprint density at radius 2 is 2.27 bits per heavy atom. The van der Waals surface area contributed by atoms with Crippen LogP contribution in [0.3, 0.4) is 0 Å². The number of aryl methyl sites for hydroxylation is 1. The Labute approximate surface area is 136 Å². The first kappa shape index (κ1) is 15.5. The molecule has 22 heavy (non-hydrogen) atoms. The summed E-state index contributed by atoms with van der Waals surface area (Å²) >= 11 is 3.02. The third kappa shape index (κ3) is 2.76. The van der Waals surface area contributed by atoms with Gasteiger partial charge in [0, 0.05) is 17.9 Å². The highest BCUT2D eigenvalue weighted by molar-refractivity contribution is 7.99. The van der Waals surface area contributed by atoms with Gasteiger partial charge in [0.25, 0.3) is 5.91 Å². The maximum Gasteiger partial charge on any atom is 0.275 e. The second kappa shape index (κ2) is 6.36. The monoisotopic (exact) mass is 337 g/mol. The van der Waals surface area contributed by atoms with Crippen LogP contribution in [0.25, 0.3) is 10.4 Å². The largest absolute Gasteiger partial charge is 0.328 e. The molecule has 4 nitrogen and oxygen atoms in total. The molecule has 1 aliphatic rings. The van der Waals surface area contributed by atoms with Crippen LogP contribution < -0.4 is 5.73 Å². The molecule has 7 heteroatoms. The molecular weight excluding hydrogens is 321 g/mol. The highest BCUT2D eigenvalue weighted by Gasteiger charge is 2.32. The van der Waals surface area contributed by atoms with E-state index in [1.54, 1.807) is 34.9 Å². The third-order valence-electron chi connectivity index (χ3n) is 3.57. The van der Waals surface area contributed by atoms with Crippen molar-refractivity contribution in [3.63, 3.8) is 0 Å². The zero-order valence-corrected chi connectivity index (χ0v) is 13.7. The predicted molar refractivity (Wildman–Crippen MR) is 88.6 cm³/mol. The lowest BCUT2D eigenvalue weighted by atomic mass is 10.1. The number of carbonyl (C=O) groups excluding carboxylic acids is 1. The SMILES string of the molecule is Cc1nc(C(=O)N2CSC[C@H]2CN)c(-c2ccccc2F)s1. The van der Waals surface area contributed by atoms with Gasteiger partial charge in [-0.3, -0.25) is 4.79 Å². The van der Waals surface area contributed by atoms with Gasteiger partial charge < -0.3 is 10.6 Å². The van der Waals surface area contributed by atoms with Crippen LogP contribution in [0, 0.1) is 12.7 Å². The molecule has 1 amide bonds. The minimum Gasteiger partial charge on any atom is -0.328 e. The molecule has 0 aliphatic carbocycles. The molecule has 0 spiro atoms. The lowest BCUT2D eigenvalue weighted by Gasteiger charge is -2.22. The summed E-state index contributed by atoms with van der Waals surface area (Å²) in [6.45, 7) is 2.25. The van der Waals surface area contributed by atoms with Crippen molar-refractivity contribution in [2.24, 2.45) is 5.73 Å². The fraction of sp³-hybridized carbons (Fsp3) is 0.333. The highest BCUT2D eigenvalue weighted by Crippen LogP contribution is 2.34. The van der Waals surface area contributed by atoms with Gasteiger partial charge in [0.15, 0.2) is 0 Å². The second-order valence-electron chi connectivity index (χ2n) is 5.05. The summed E-state index contributed by atoms with van der Waals surface area (Å²) in [6.07, 6.45) is 0. The number of thiazole rings is 1. The van der Waals surface area contributed by atoms with Gasteiger partial charge in [-0.05, 0) is 13.0 Å². The van der Waals surface area contributed by atoms with E-state index < -0.39 is 0 Å². The smallest absolute Gasteiger partial charge is 0.275 e. The third-order valence-corrected chi connectivity index (χ3v) is 5.65. The highest BCUT2D eigenvalue weighted by atomic mass is 32.2. The number of nitrogens with two attached hydrogens (primary N) is 1. The van der Waals surface area contributed by atoms with Gasteiger partial charge in [-0.2, -0.15) is 0 Å². The van der Waals surface area contributed by atoms with Crippen molar-refractivity contribution in [2.45, 2.75) is 13.0 Å². The normalized spacial score (nSPS) is 18.0. The Kier molecular flexibility index (Phi) is 4.46. The van der Waals surface area contributed by atoms with Crippen molar-refractivity contribution in [3.8, 4) is 10.4 Å². The molecule has 1 aliphatic heterocycles. The van der Waals surface area contributed by atoms with Crippen LogP contribution in [-0.2, 0) is 0 Å². The Morgan fingerprint density at radius 1 is 1.50 bits per heavy atom. The quantitative estimate of drug-likeness (QED) is 0.935. The molecule has 0 radical (unpaired) electrons. The van der Waals surface area contributed by atoms with E-state index in [4.69, 9.17) is 5.73 Å². The summed E-state index contributed by atoms with van der Waals surface area (Å²) in [6, 6.07) is 6.49. The minimum atomic E-state index is -0.341. The standard InChI is InChI=1S/C15H16FN3OS2/c1-9-18-13(15(20)19-8-21-7-10(19)6-17)14(22-9)11-4-2-3-5-12(11)16/h2-5,10H,6-8,17H2,1H3/t10-/m1/s1. The van der Waals surface area contributed by atoms with Gasteiger partial charge in [0.05, 0.1) is 21.8 Å². The summed E-state index contributed by atoms with van der Waals surface area (Å²) in [4.78, 5) is 19.5. The average Bonchev–Trinajstić information content (AvgIpc) is 3.13. The Hall–Kier alpha value is -1.44. The molecule has 1 aromatic carbocycles. The van der Waals surface area contributed by atoms with Crippen molar-refractivity contribution in [1.29, 1.82) is 0 Å². The van der Waals surface area contributed by atoms with Crippen LogP contribution in [-0.4, -0.2) is 40.0 Å². The lowest BCUT2D eigenvalue weighted by molar-refractivity contribution is 0.0748. The molecule has 0 unspecified atom stereocenters. The van der Waals surface area contributed by atoms with Crippen molar-refractivity contribution < 1.29 is 9.18 Å². The topological polar surface area (TPSA) is 59.2 Å². The van der Waals surface area contributed by atoms with Gasteiger partial charge in [0.1, 0.15) is 11.5 Å². The zero-order valence-electron chi connectivity index (χ0n) is 12.1. The van der Waals surface area contributed by atoms with E-state index in [1.165, 1.54) is 17.4 Å². The van der Waals surface area contributed by atoms with Crippen LogP contribution in [0.4, 0.5) is 4.39 Å². The Bertz CT molecular complexity index is 704. The Balaban J connectivity index is 2.02. The first-order valence-electron chi connectivity index (χ1n) is 6.93. The fourth-order valence-corrected chi connectivity index (χ4v) is 4.59. The summed E-state index contributed by atoms with van der Waals surface area (Å²) in [5.41, 5.74) is 6.48. The summed E-state index contributed by atoms with van der Waals surface area (Å²) in [5.74, 6) is 0.934. The van der Waals surface area contributed by atoms with Crippen LogP contribution >= 0.6 is 23.1 Å². The number of amides is 1. The average molecular weight is 337 g/mol. The number of hydrogen-bond donors (Lipinski definition) is 1. The molecule has 0 saturated carbocycles. The number of rotatable bonds is 3. The second-order valence-corrected chi connectivity index (χ2v) is 7.26. The maximum atomic E-state index is 14.1. The van der Waals surface area contributed by atoms with E-state index in [9.17, 15) is 9.18 Å². The van der Waals surface area contributed by atoms with E-state index in [1.807, 2.05) is 6.92 Å². The fourth-order valence-electron chi connectivity index (χ4n) is 2.44. The summed E-state index contributed by atoms with van der Waals surface area (Å²) in [5, 5.41) is 0.748. The minimum absolute atomic E-state index is 0.0213. The number of aromatic nitrogens is 1. The van der Waals surface area contributed by atoms with E-state index in [2.05, 4.69) is 4.98 Å². The maximum absolute atomic E-state index is 14.1. The molecule has 3 rings (SSSR count). The molecule has 0 bridgehead atoms. The number of nitrogens with zero attached hydrogens (tertiary/aromatic N) is 2. The van der Waals surface area contributed by atoms with Crippen molar-refractivity contribution in [2.75, 3.05) is 18.2 Å².